The number of benzene rings is 1. The van der Waals surface area contributed by atoms with Crippen LogP contribution in [0.5, 0.6) is 0 Å². The molecule has 2 rings (SSSR count). The van der Waals surface area contributed by atoms with Gasteiger partial charge in [0.25, 0.3) is 0 Å². The highest BCUT2D eigenvalue weighted by atomic mass is 16.5. The first-order valence-corrected chi connectivity index (χ1v) is 6.50. The van der Waals surface area contributed by atoms with Crippen molar-refractivity contribution in [2.45, 2.75) is 26.1 Å². The molecule has 0 bridgehead atoms. The molecule has 1 atom stereocenters. The van der Waals surface area contributed by atoms with Gasteiger partial charge in [0.05, 0.1) is 12.7 Å². The van der Waals surface area contributed by atoms with Gasteiger partial charge < -0.3 is 10.1 Å². The summed E-state index contributed by atoms with van der Waals surface area (Å²) in [6.45, 7) is 2.44. The zero-order valence-electron chi connectivity index (χ0n) is 11.6. The van der Waals surface area contributed by atoms with Crippen molar-refractivity contribution >= 4 is 12.4 Å². The van der Waals surface area contributed by atoms with E-state index in [4.69, 9.17) is 4.74 Å². The van der Waals surface area contributed by atoms with Gasteiger partial charge in [0, 0.05) is 6.04 Å². The average molecular weight is 288 g/mol. The number of carbonyl (C=O) groups is 2. The van der Waals surface area contributed by atoms with Crippen LogP contribution in [0.1, 0.15) is 23.0 Å². The number of nitrogens with one attached hydrogen (secondary N) is 1. The molecule has 7 nitrogen and oxygen atoms in total. The van der Waals surface area contributed by atoms with Crippen LogP contribution in [0, 0.1) is 0 Å². The Morgan fingerprint density at radius 1 is 1.43 bits per heavy atom. The van der Waals surface area contributed by atoms with Crippen LogP contribution < -0.4 is 5.32 Å². The predicted octanol–water partition coefficient (Wildman–Crippen LogP) is 1.41. The molecule has 1 heterocycles. The van der Waals surface area contributed by atoms with Gasteiger partial charge in [-0.3, -0.25) is 4.79 Å². The molecule has 21 heavy (non-hydrogen) atoms. The molecule has 0 saturated carbocycles. The third kappa shape index (κ3) is 4.72. The molecule has 1 amide bonds. The maximum atomic E-state index is 11.6. The Bertz CT molecular complexity index is 597. The molecule has 0 aliphatic heterocycles. The number of aromatic nitrogens is 3. The number of amides is 1. The van der Waals surface area contributed by atoms with Gasteiger partial charge in [0.1, 0.15) is 12.3 Å². The maximum absolute atomic E-state index is 11.6. The predicted molar refractivity (Wildman–Crippen MR) is 74.6 cm³/mol. The summed E-state index contributed by atoms with van der Waals surface area (Å²) in [6, 6.07) is 9.23. The lowest BCUT2D eigenvalue weighted by Crippen LogP contribution is -2.36. The summed E-state index contributed by atoms with van der Waals surface area (Å²) in [7, 11) is 0. The molecule has 0 spiro atoms. The molecule has 0 aliphatic rings. The molecular weight excluding hydrogens is 272 g/mol. The van der Waals surface area contributed by atoms with Crippen LogP contribution in [-0.2, 0) is 17.9 Å². The van der Waals surface area contributed by atoms with Crippen molar-refractivity contribution in [1.82, 2.24) is 20.3 Å². The number of alkyl carbamates (subject to hydrolysis) is 1. The lowest BCUT2D eigenvalue weighted by atomic mass is 10.2. The minimum absolute atomic E-state index is 0.200. The highest BCUT2D eigenvalue weighted by Gasteiger charge is 2.10. The molecule has 0 aliphatic carbocycles. The van der Waals surface area contributed by atoms with Gasteiger partial charge >= 0.3 is 6.09 Å². The Balaban J connectivity index is 1.75. The molecule has 0 saturated heterocycles. The van der Waals surface area contributed by atoms with Gasteiger partial charge in [-0.2, -0.15) is 0 Å². The molecule has 0 radical (unpaired) electrons. The fourth-order valence-corrected chi connectivity index (χ4v) is 1.75. The molecule has 0 fully saturated rings. The molecule has 1 N–H and O–H groups in total. The van der Waals surface area contributed by atoms with E-state index in [1.165, 1.54) is 10.9 Å². The quantitative estimate of drug-likeness (QED) is 0.812. The van der Waals surface area contributed by atoms with Gasteiger partial charge in [-0.1, -0.05) is 35.5 Å². The van der Waals surface area contributed by atoms with Crippen LogP contribution in [0.25, 0.3) is 0 Å². The van der Waals surface area contributed by atoms with Crippen LogP contribution >= 0.6 is 0 Å². The second-order valence-electron chi connectivity index (χ2n) is 4.59. The third-order valence-electron chi connectivity index (χ3n) is 2.72. The Hall–Kier alpha value is -2.70. The van der Waals surface area contributed by atoms with Crippen molar-refractivity contribution in [3.05, 3.63) is 47.8 Å². The van der Waals surface area contributed by atoms with E-state index >= 15 is 0 Å². The van der Waals surface area contributed by atoms with Crippen LogP contribution in [0.3, 0.4) is 0 Å². The van der Waals surface area contributed by atoms with Crippen LogP contribution in [0.4, 0.5) is 4.79 Å². The van der Waals surface area contributed by atoms with E-state index in [-0.39, 0.29) is 18.3 Å². The number of hydrogen-bond donors (Lipinski definition) is 1. The summed E-state index contributed by atoms with van der Waals surface area (Å²) < 4.78 is 6.60. The van der Waals surface area contributed by atoms with E-state index in [1.807, 2.05) is 37.3 Å². The minimum atomic E-state index is -0.498. The molecule has 2 aromatic rings. The van der Waals surface area contributed by atoms with Crippen molar-refractivity contribution in [1.29, 1.82) is 0 Å². The lowest BCUT2D eigenvalue weighted by molar-refractivity contribution is 0.111. The topological polar surface area (TPSA) is 86.1 Å². The van der Waals surface area contributed by atoms with Gasteiger partial charge in [0.2, 0.25) is 0 Å². The Kier molecular flexibility index (Phi) is 5.03. The monoisotopic (exact) mass is 288 g/mol. The van der Waals surface area contributed by atoms with Crippen molar-refractivity contribution in [3.8, 4) is 0 Å². The maximum Gasteiger partial charge on any atom is 0.407 e. The van der Waals surface area contributed by atoms with Crippen molar-refractivity contribution in [2.24, 2.45) is 0 Å². The molecular formula is C14H16N4O3. The lowest BCUT2D eigenvalue weighted by Gasteiger charge is -2.13. The second-order valence-corrected chi connectivity index (χ2v) is 4.59. The first kappa shape index (κ1) is 14.7. The van der Waals surface area contributed by atoms with Crippen LogP contribution in [0.2, 0.25) is 0 Å². The van der Waals surface area contributed by atoms with Crippen molar-refractivity contribution in [3.63, 3.8) is 0 Å². The summed E-state index contributed by atoms with van der Waals surface area (Å²) in [5.74, 6) is 0. The van der Waals surface area contributed by atoms with E-state index < -0.39 is 6.09 Å². The Labute approximate surface area is 121 Å². The Morgan fingerprint density at radius 3 is 2.86 bits per heavy atom. The summed E-state index contributed by atoms with van der Waals surface area (Å²) >= 11 is 0. The average Bonchev–Trinajstić information content (AvgIpc) is 2.93. The van der Waals surface area contributed by atoms with E-state index in [2.05, 4.69) is 15.6 Å². The number of hydrogen-bond acceptors (Lipinski definition) is 5. The van der Waals surface area contributed by atoms with Crippen molar-refractivity contribution < 1.29 is 14.3 Å². The summed E-state index contributed by atoms with van der Waals surface area (Å²) in [4.78, 5) is 22.1. The minimum Gasteiger partial charge on any atom is -0.445 e. The molecule has 0 unspecified atom stereocenters. The summed E-state index contributed by atoms with van der Waals surface area (Å²) in [5.41, 5.74) is 1.18. The normalized spacial score (nSPS) is 11.7. The summed E-state index contributed by atoms with van der Waals surface area (Å²) in [5, 5.41) is 10.1. The van der Waals surface area contributed by atoms with E-state index in [1.54, 1.807) is 0 Å². The second kappa shape index (κ2) is 7.18. The third-order valence-corrected chi connectivity index (χ3v) is 2.72. The molecule has 1 aromatic heterocycles. The number of rotatable bonds is 6. The standard InChI is InChI=1S/C14H16N4O3/c1-11(7-18-8-13(9-19)16-17-18)15-14(20)21-10-12-5-3-2-4-6-12/h2-6,8-9,11H,7,10H2,1H3,(H,15,20)/t11-/m1/s1. The number of carbonyl (C=O) groups excluding carboxylic acids is 2. The largest absolute Gasteiger partial charge is 0.445 e. The van der Waals surface area contributed by atoms with E-state index in [0.717, 1.165) is 5.56 Å². The van der Waals surface area contributed by atoms with Crippen molar-refractivity contribution in [2.75, 3.05) is 0 Å². The zero-order chi connectivity index (χ0) is 15.1. The molecule has 1 aromatic carbocycles. The first-order valence-electron chi connectivity index (χ1n) is 6.50. The fourth-order valence-electron chi connectivity index (χ4n) is 1.75. The SMILES string of the molecule is C[C@H](Cn1cc(C=O)nn1)NC(=O)OCc1ccccc1. The fraction of sp³-hybridized carbons (Fsp3) is 0.286. The van der Waals surface area contributed by atoms with Gasteiger partial charge in [0.15, 0.2) is 6.29 Å². The molecule has 110 valence electrons. The van der Waals surface area contributed by atoms with Crippen LogP contribution in [0.15, 0.2) is 36.5 Å². The summed E-state index contributed by atoms with van der Waals surface area (Å²) in [6.07, 6.45) is 1.64. The van der Waals surface area contributed by atoms with Gasteiger partial charge in [-0.25, -0.2) is 9.48 Å². The number of aldehydes is 1. The number of ether oxygens (including phenoxy) is 1. The molecule has 7 heteroatoms. The van der Waals surface area contributed by atoms with E-state index in [9.17, 15) is 9.59 Å². The highest BCUT2D eigenvalue weighted by Crippen LogP contribution is 2.01. The van der Waals surface area contributed by atoms with Gasteiger partial charge in [-0.15, -0.1) is 5.10 Å². The van der Waals surface area contributed by atoms with E-state index in [0.29, 0.717) is 12.8 Å². The first-order chi connectivity index (χ1) is 10.2. The Morgan fingerprint density at radius 2 is 2.19 bits per heavy atom. The van der Waals surface area contributed by atoms with Gasteiger partial charge in [-0.05, 0) is 12.5 Å². The smallest absolute Gasteiger partial charge is 0.407 e. The highest BCUT2D eigenvalue weighted by molar-refractivity contribution is 5.70. The van der Waals surface area contributed by atoms with Crippen LogP contribution in [-0.4, -0.2) is 33.4 Å². The zero-order valence-corrected chi connectivity index (χ0v) is 11.6. The number of nitrogens with zero attached hydrogens (tertiary/aromatic N) is 3.